The lowest BCUT2D eigenvalue weighted by atomic mass is 9.91. The van der Waals surface area contributed by atoms with E-state index in [0.717, 1.165) is 5.56 Å². The Morgan fingerprint density at radius 3 is 2.64 bits per heavy atom. The number of aliphatic hydroxyl groups is 1. The number of aryl methyl sites for hydroxylation is 2. The first kappa shape index (κ1) is 9.69. The summed E-state index contributed by atoms with van der Waals surface area (Å²) in [6.45, 7) is 5.23. The molecule has 1 atom stereocenters. The molecule has 1 saturated heterocycles. The molecule has 0 radical (unpaired) electrons. The van der Waals surface area contributed by atoms with Gasteiger partial charge in [-0.15, -0.1) is 0 Å². The summed E-state index contributed by atoms with van der Waals surface area (Å²) in [5.41, 5.74) is 2.72. The lowest BCUT2D eigenvalue weighted by molar-refractivity contribution is 0.0231. The van der Waals surface area contributed by atoms with Gasteiger partial charge in [-0.2, -0.15) is 0 Å². The minimum absolute atomic E-state index is 0.426. The van der Waals surface area contributed by atoms with Crippen LogP contribution < -0.4 is 0 Å². The summed E-state index contributed by atoms with van der Waals surface area (Å²) in [5, 5.41) is 10.3. The number of hydrogen-bond donors (Lipinski definition) is 1. The van der Waals surface area contributed by atoms with Crippen LogP contribution in [0.2, 0.25) is 0 Å². The van der Waals surface area contributed by atoms with Gasteiger partial charge in [0.25, 0.3) is 0 Å². The summed E-state index contributed by atoms with van der Waals surface area (Å²) in [7, 11) is 0. The zero-order chi connectivity index (χ0) is 10.2. The summed E-state index contributed by atoms with van der Waals surface area (Å²) >= 11 is 0. The Hall–Kier alpha value is -0.860. The number of benzene rings is 1. The quantitative estimate of drug-likeness (QED) is 0.736. The van der Waals surface area contributed by atoms with Crippen molar-refractivity contribution in [1.29, 1.82) is 0 Å². The van der Waals surface area contributed by atoms with E-state index in [1.807, 2.05) is 6.07 Å². The molecule has 1 fully saturated rings. The van der Waals surface area contributed by atoms with Gasteiger partial charge in [-0.05, 0) is 30.5 Å². The molecular weight excluding hydrogens is 176 g/mol. The van der Waals surface area contributed by atoms with Crippen LogP contribution in [0.25, 0.3) is 0 Å². The fourth-order valence-corrected chi connectivity index (χ4v) is 1.81. The van der Waals surface area contributed by atoms with Crippen molar-refractivity contribution < 1.29 is 9.84 Å². The summed E-state index contributed by atoms with van der Waals surface area (Å²) in [4.78, 5) is 0. The minimum atomic E-state index is -0.752. The summed E-state index contributed by atoms with van der Waals surface area (Å²) in [6, 6.07) is 6.11. The second-order valence-electron chi connectivity index (χ2n) is 4.13. The van der Waals surface area contributed by atoms with Crippen LogP contribution in [0, 0.1) is 13.8 Å². The molecule has 0 bridgehead atoms. The SMILES string of the molecule is Cc1ccc(C2(O)CCOC2)cc1C. The molecule has 0 amide bonds. The lowest BCUT2D eigenvalue weighted by Crippen LogP contribution is -2.25. The first-order valence-electron chi connectivity index (χ1n) is 5.00. The molecule has 1 aliphatic rings. The predicted octanol–water partition coefficient (Wildman–Crippen LogP) is 1.91. The maximum atomic E-state index is 10.3. The van der Waals surface area contributed by atoms with Crippen molar-refractivity contribution in [3.63, 3.8) is 0 Å². The molecule has 14 heavy (non-hydrogen) atoms. The maximum absolute atomic E-state index is 10.3. The van der Waals surface area contributed by atoms with Crippen LogP contribution in [-0.4, -0.2) is 18.3 Å². The fourth-order valence-electron chi connectivity index (χ4n) is 1.81. The highest BCUT2D eigenvalue weighted by molar-refractivity contribution is 5.33. The molecule has 1 unspecified atom stereocenters. The molecule has 76 valence electrons. The van der Waals surface area contributed by atoms with Crippen molar-refractivity contribution in [2.75, 3.05) is 13.2 Å². The Morgan fingerprint density at radius 2 is 2.07 bits per heavy atom. The topological polar surface area (TPSA) is 29.5 Å². The monoisotopic (exact) mass is 192 g/mol. The van der Waals surface area contributed by atoms with E-state index in [-0.39, 0.29) is 0 Å². The first-order valence-corrected chi connectivity index (χ1v) is 5.00. The minimum Gasteiger partial charge on any atom is -0.383 e. The van der Waals surface area contributed by atoms with Crippen LogP contribution >= 0.6 is 0 Å². The van der Waals surface area contributed by atoms with Crippen LogP contribution in [0.3, 0.4) is 0 Å². The summed E-state index contributed by atoms with van der Waals surface area (Å²) < 4.78 is 5.23. The van der Waals surface area contributed by atoms with Gasteiger partial charge < -0.3 is 9.84 Å². The van der Waals surface area contributed by atoms with Gasteiger partial charge in [0.05, 0.1) is 6.61 Å². The zero-order valence-electron chi connectivity index (χ0n) is 8.71. The van der Waals surface area contributed by atoms with E-state index in [2.05, 4.69) is 26.0 Å². The van der Waals surface area contributed by atoms with Crippen LogP contribution in [0.5, 0.6) is 0 Å². The van der Waals surface area contributed by atoms with E-state index >= 15 is 0 Å². The average Bonchev–Trinajstić information content (AvgIpc) is 2.58. The van der Waals surface area contributed by atoms with Crippen LogP contribution in [0.15, 0.2) is 18.2 Å². The third-order valence-corrected chi connectivity index (χ3v) is 3.05. The van der Waals surface area contributed by atoms with Crippen molar-refractivity contribution in [2.24, 2.45) is 0 Å². The molecule has 1 heterocycles. The Balaban J connectivity index is 2.36. The second kappa shape index (κ2) is 3.37. The lowest BCUT2D eigenvalue weighted by Gasteiger charge is -2.21. The Kier molecular flexibility index (Phi) is 2.33. The molecule has 1 aliphatic heterocycles. The molecule has 0 aromatic heterocycles. The summed E-state index contributed by atoms with van der Waals surface area (Å²) in [5.74, 6) is 0. The van der Waals surface area contributed by atoms with Crippen molar-refractivity contribution in [3.05, 3.63) is 34.9 Å². The van der Waals surface area contributed by atoms with Gasteiger partial charge in [0, 0.05) is 13.0 Å². The van der Waals surface area contributed by atoms with E-state index < -0.39 is 5.60 Å². The third-order valence-electron chi connectivity index (χ3n) is 3.05. The molecular formula is C12H16O2. The highest BCUT2D eigenvalue weighted by atomic mass is 16.5. The van der Waals surface area contributed by atoms with E-state index in [1.165, 1.54) is 11.1 Å². The van der Waals surface area contributed by atoms with Crippen LogP contribution in [0.1, 0.15) is 23.1 Å². The Labute approximate surface area is 84.5 Å². The van der Waals surface area contributed by atoms with Gasteiger partial charge in [0.2, 0.25) is 0 Å². The van der Waals surface area contributed by atoms with Crippen LogP contribution in [0.4, 0.5) is 0 Å². The molecule has 0 aliphatic carbocycles. The molecule has 1 N–H and O–H groups in total. The summed E-state index contributed by atoms with van der Waals surface area (Å²) in [6.07, 6.45) is 0.704. The van der Waals surface area contributed by atoms with Gasteiger partial charge in [-0.3, -0.25) is 0 Å². The molecule has 0 saturated carbocycles. The highest BCUT2D eigenvalue weighted by Crippen LogP contribution is 2.31. The van der Waals surface area contributed by atoms with Gasteiger partial charge in [-0.25, -0.2) is 0 Å². The largest absolute Gasteiger partial charge is 0.383 e. The predicted molar refractivity (Wildman–Crippen MR) is 55.2 cm³/mol. The molecule has 1 aromatic carbocycles. The van der Waals surface area contributed by atoms with E-state index in [4.69, 9.17) is 4.74 Å². The molecule has 0 spiro atoms. The van der Waals surface area contributed by atoms with Crippen molar-refractivity contribution >= 4 is 0 Å². The number of ether oxygens (including phenoxy) is 1. The van der Waals surface area contributed by atoms with E-state index in [9.17, 15) is 5.11 Å². The van der Waals surface area contributed by atoms with Gasteiger partial charge >= 0.3 is 0 Å². The third kappa shape index (κ3) is 1.56. The number of rotatable bonds is 1. The molecule has 2 heteroatoms. The first-order chi connectivity index (χ1) is 6.62. The standard InChI is InChI=1S/C12H16O2/c1-9-3-4-11(7-10(9)2)12(13)5-6-14-8-12/h3-4,7,13H,5-6,8H2,1-2H3. The Bertz CT molecular complexity index is 338. The van der Waals surface area contributed by atoms with Crippen molar-refractivity contribution in [2.45, 2.75) is 25.9 Å². The van der Waals surface area contributed by atoms with Crippen molar-refractivity contribution in [1.82, 2.24) is 0 Å². The average molecular weight is 192 g/mol. The smallest absolute Gasteiger partial charge is 0.115 e. The van der Waals surface area contributed by atoms with Gasteiger partial charge in [-0.1, -0.05) is 18.2 Å². The van der Waals surface area contributed by atoms with Gasteiger partial charge in [0.15, 0.2) is 0 Å². The second-order valence-corrected chi connectivity index (χ2v) is 4.13. The van der Waals surface area contributed by atoms with Crippen LogP contribution in [-0.2, 0) is 10.3 Å². The highest BCUT2D eigenvalue weighted by Gasteiger charge is 2.34. The molecule has 1 aromatic rings. The zero-order valence-corrected chi connectivity index (χ0v) is 8.71. The molecule has 2 rings (SSSR count). The normalized spacial score (nSPS) is 26.8. The van der Waals surface area contributed by atoms with E-state index in [1.54, 1.807) is 0 Å². The van der Waals surface area contributed by atoms with Crippen molar-refractivity contribution in [3.8, 4) is 0 Å². The van der Waals surface area contributed by atoms with Gasteiger partial charge in [0.1, 0.15) is 5.60 Å². The Morgan fingerprint density at radius 1 is 1.29 bits per heavy atom. The molecule has 2 nitrogen and oxygen atoms in total. The number of hydrogen-bond acceptors (Lipinski definition) is 2. The maximum Gasteiger partial charge on any atom is 0.115 e. The van der Waals surface area contributed by atoms with E-state index in [0.29, 0.717) is 19.6 Å². The fraction of sp³-hybridized carbons (Fsp3) is 0.500.